The maximum atomic E-state index is 12.6. The minimum absolute atomic E-state index is 0.0795. The first kappa shape index (κ1) is 15.0. The first-order chi connectivity index (χ1) is 10.6. The highest BCUT2D eigenvalue weighted by Crippen LogP contribution is 2.23. The Balaban J connectivity index is 1.58. The van der Waals surface area contributed by atoms with Gasteiger partial charge in [-0.15, -0.1) is 0 Å². The zero-order chi connectivity index (χ0) is 15.5. The van der Waals surface area contributed by atoms with Crippen LogP contribution in [0, 0.1) is 5.92 Å². The number of nitrogens with zero attached hydrogens (tertiary/aromatic N) is 2. The highest BCUT2D eigenvalue weighted by atomic mass is 16.2. The molecule has 2 aliphatic heterocycles. The molecule has 0 bridgehead atoms. The van der Waals surface area contributed by atoms with Gasteiger partial charge < -0.3 is 15.5 Å². The predicted molar refractivity (Wildman–Crippen MR) is 83.8 cm³/mol. The Hall–Kier alpha value is -1.88. The van der Waals surface area contributed by atoms with Crippen molar-refractivity contribution < 1.29 is 9.59 Å². The van der Waals surface area contributed by atoms with Crippen molar-refractivity contribution in [3.05, 3.63) is 35.9 Å². The number of rotatable bonds is 3. The molecular formula is C17H23N3O2. The first-order valence-corrected chi connectivity index (χ1v) is 7.99. The molecule has 3 rings (SSSR count). The zero-order valence-corrected chi connectivity index (χ0v) is 12.8. The zero-order valence-electron chi connectivity index (χ0n) is 12.8. The lowest BCUT2D eigenvalue weighted by atomic mass is 10.0. The first-order valence-electron chi connectivity index (χ1n) is 7.99. The van der Waals surface area contributed by atoms with Crippen LogP contribution in [0.3, 0.4) is 0 Å². The van der Waals surface area contributed by atoms with Crippen molar-refractivity contribution in [1.29, 1.82) is 0 Å². The number of benzene rings is 1. The highest BCUT2D eigenvalue weighted by molar-refractivity contribution is 5.89. The normalized spacial score (nSPS) is 23.1. The number of carbonyl (C=O) groups is 2. The lowest BCUT2D eigenvalue weighted by Crippen LogP contribution is -2.45. The fraction of sp³-hybridized carbons (Fsp3) is 0.529. The predicted octanol–water partition coefficient (Wildman–Crippen LogP) is 0.985. The van der Waals surface area contributed by atoms with E-state index in [-0.39, 0.29) is 23.8 Å². The maximum Gasteiger partial charge on any atom is 0.227 e. The Morgan fingerprint density at radius 3 is 2.55 bits per heavy atom. The average Bonchev–Trinajstić information content (AvgIpc) is 2.89. The minimum Gasteiger partial charge on any atom is -0.342 e. The van der Waals surface area contributed by atoms with Crippen LogP contribution in [0.4, 0.5) is 0 Å². The van der Waals surface area contributed by atoms with Crippen LogP contribution in [0.15, 0.2) is 30.3 Å². The summed E-state index contributed by atoms with van der Waals surface area (Å²) in [7, 11) is 0. The molecule has 2 saturated heterocycles. The molecule has 0 aliphatic carbocycles. The highest BCUT2D eigenvalue weighted by Gasteiger charge is 2.37. The number of hydrogen-bond donors (Lipinski definition) is 1. The van der Waals surface area contributed by atoms with Gasteiger partial charge >= 0.3 is 0 Å². The van der Waals surface area contributed by atoms with Gasteiger partial charge in [0.2, 0.25) is 11.8 Å². The molecule has 1 aromatic rings. The molecule has 2 fully saturated rings. The largest absolute Gasteiger partial charge is 0.342 e. The number of nitrogens with two attached hydrogens (primary N) is 1. The second kappa shape index (κ2) is 6.48. The summed E-state index contributed by atoms with van der Waals surface area (Å²) in [6.45, 7) is 2.58. The van der Waals surface area contributed by atoms with Gasteiger partial charge in [0.05, 0.1) is 5.92 Å². The Morgan fingerprint density at radius 2 is 1.86 bits per heavy atom. The lowest BCUT2D eigenvalue weighted by molar-refractivity contribution is -0.136. The average molecular weight is 301 g/mol. The summed E-state index contributed by atoms with van der Waals surface area (Å²) in [5, 5.41) is 0. The van der Waals surface area contributed by atoms with Gasteiger partial charge in [-0.05, 0) is 18.4 Å². The van der Waals surface area contributed by atoms with Crippen LogP contribution in [-0.4, -0.2) is 47.3 Å². The molecule has 2 amide bonds. The van der Waals surface area contributed by atoms with E-state index >= 15 is 0 Å². The van der Waals surface area contributed by atoms with E-state index in [1.54, 1.807) is 4.90 Å². The third-order valence-electron chi connectivity index (χ3n) is 4.63. The molecule has 22 heavy (non-hydrogen) atoms. The number of carbonyl (C=O) groups excluding carboxylic acids is 2. The van der Waals surface area contributed by atoms with E-state index in [0.29, 0.717) is 19.5 Å². The van der Waals surface area contributed by atoms with Gasteiger partial charge in [-0.2, -0.15) is 0 Å². The molecule has 5 heteroatoms. The standard InChI is InChI=1S/C17H23N3O2/c18-15-6-8-19(9-7-15)17(22)14-10-16(21)20(12-14)11-13-4-2-1-3-5-13/h1-5,14-15H,6-12,18H2. The van der Waals surface area contributed by atoms with E-state index in [0.717, 1.165) is 31.5 Å². The quantitative estimate of drug-likeness (QED) is 0.905. The van der Waals surface area contributed by atoms with E-state index in [9.17, 15) is 9.59 Å². The summed E-state index contributed by atoms with van der Waals surface area (Å²) in [5.41, 5.74) is 6.98. The minimum atomic E-state index is -0.189. The van der Waals surface area contributed by atoms with Crippen molar-refractivity contribution in [1.82, 2.24) is 9.80 Å². The Bertz CT molecular complexity index is 538. The molecule has 0 radical (unpaired) electrons. The second-order valence-corrected chi connectivity index (χ2v) is 6.32. The van der Waals surface area contributed by atoms with Gasteiger partial charge in [-0.25, -0.2) is 0 Å². The van der Waals surface area contributed by atoms with Gasteiger partial charge in [-0.1, -0.05) is 30.3 Å². The summed E-state index contributed by atoms with van der Waals surface area (Å²) < 4.78 is 0. The molecule has 2 aliphatic rings. The summed E-state index contributed by atoms with van der Waals surface area (Å²) in [6.07, 6.45) is 2.06. The molecule has 0 saturated carbocycles. The molecule has 1 unspecified atom stereocenters. The Morgan fingerprint density at radius 1 is 1.18 bits per heavy atom. The summed E-state index contributed by atoms with van der Waals surface area (Å²) in [4.78, 5) is 28.4. The van der Waals surface area contributed by atoms with Crippen molar-refractivity contribution in [2.45, 2.75) is 31.8 Å². The third kappa shape index (κ3) is 3.30. The van der Waals surface area contributed by atoms with Crippen LogP contribution in [0.2, 0.25) is 0 Å². The molecule has 1 aromatic carbocycles. The number of hydrogen-bond acceptors (Lipinski definition) is 3. The van der Waals surface area contributed by atoms with Gasteiger partial charge in [0.1, 0.15) is 0 Å². The van der Waals surface area contributed by atoms with Crippen LogP contribution in [-0.2, 0) is 16.1 Å². The Labute approximate surface area is 131 Å². The topological polar surface area (TPSA) is 66.6 Å². The van der Waals surface area contributed by atoms with Gasteiger partial charge in [0.15, 0.2) is 0 Å². The van der Waals surface area contributed by atoms with Crippen LogP contribution in [0.25, 0.3) is 0 Å². The molecular weight excluding hydrogens is 278 g/mol. The third-order valence-corrected chi connectivity index (χ3v) is 4.63. The maximum absolute atomic E-state index is 12.6. The van der Waals surface area contributed by atoms with E-state index in [2.05, 4.69) is 0 Å². The van der Waals surface area contributed by atoms with Crippen LogP contribution < -0.4 is 5.73 Å². The number of likely N-dealkylation sites (tertiary alicyclic amines) is 2. The van der Waals surface area contributed by atoms with Gasteiger partial charge in [0.25, 0.3) is 0 Å². The number of amides is 2. The van der Waals surface area contributed by atoms with Crippen molar-refractivity contribution in [2.24, 2.45) is 11.7 Å². The molecule has 5 nitrogen and oxygen atoms in total. The van der Waals surface area contributed by atoms with Crippen molar-refractivity contribution in [2.75, 3.05) is 19.6 Å². The molecule has 0 spiro atoms. The van der Waals surface area contributed by atoms with Crippen LogP contribution in [0.1, 0.15) is 24.8 Å². The van der Waals surface area contributed by atoms with Crippen molar-refractivity contribution in [3.8, 4) is 0 Å². The lowest BCUT2D eigenvalue weighted by Gasteiger charge is -2.31. The van der Waals surface area contributed by atoms with Crippen molar-refractivity contribution in [3.63, 3.8) is 0 Å². The van der Waals surface area contributed by atoms with Gasteiger partial charge in [-0.3, -0.25) is 9.59 Å². The van der Waals surface area contributed by atoms with Crippen LogP contribution in [0.5, 0.6) is 0 Å². The molecule has 2 N–H and O–H groups in total. The van der Waals surface area contributed by atoms with E-state index in [4.69, 9.17) is 5.73 Å². The SMILES string of the molecule is NC1CCN(C(=O)C2CC(=O)N(Cc3ccccc3)C2)CC1. The summed E-state index contributed by atoms with van der Waals surface area (Å²) in [5.74, 6) is 0.0114. The second-order valence-electron chi connectivity index (χ2n) is 6.32. The fourth-order valence-corrected chi connectivity index (χ4v) is 3.27. The van der Waals surface area contributed by atoms with E-state index in [1.165, 1.54) is 0 Å². The molecule has 118 valence electrons. The summed E-state index contributed by atoms with van der Waals surface area (Å²) >= 11 is 0. The smallest absolute Gasteiger partial charge is 0.227 e. The van der Waals surface area contributed by atoms with E-state index in [1.807, 2.05) is 35.2 Å². The van der Waals surface area contributed by atoms with Crippen molar-refractivity contribution >= 4 is 11.8 Å². The molecule has 2 heterocycles. The summed E-state index contributed by atoms with van der Waals surface area (Å²) in [6, 6.07) is 10.1. The van der Waals surface area contributed by atoms with Crippen LogP contribution >= 0.6 is 0 Å². The monoisotopic (exact) mass is 301 g/mol. The fourth-order valence-electron chi connectivity index (χ4n) is 3.27. The van der Waals surface area contributed by atoms with Gasteiger partial charge in [0, 0.05) is 38.6 Å². The molecule has 1 atom stereocenters. The molecule has 0 aromatic heterocycles. The van der Waals surface area contributed by atoms with E-state index < -0.39 is 0 Å². The number of piperidine rings is 1. The Kier molecular flexibility index (Phi) is 4.43.